The summed E-state index contributed by atoms with van der Waals surface area (Å²) >= 11 is 0. The number of hydrogen-bond donors (Lipinski definition) is 2. The molecule has 6 nitrogen and oxygen atoms in total. The summed E-state index contributed by atoms with van der Waals surface area (Å²) < 4.78 is 32.9. The summed E-state index contributed by atoms with van der Waals surface area (Å²) in [4.78, 5) is 12.5. The zero-order chi connectivity index (χ0) is 19.3. The second-order valence-electron chi connectivity index (χ2n) is 6.67. The lowest BCUT2D eigenvalue weighted by Gasteiger charge is -2.22. The van der Waals surface area contributed by atoms with Crippen LogP contribution < -0.4 is 14.8 Å². The van der Waals surface area contributed by atoms with Gasteiger partial charge in [-0.15, -0.1) is 0 Å². The van der Waals surface area contributed by atoms with E-state index in [9.17, 15) is 13.2 Å². The summed E-state index contributed by atoms with van der Waals surface area (Å²) in [5.41, 5.74) is 0.990. The second-order valence-corrected chi connectivity index (χ2v) is 8.38. The number of carbonyl (C=O) groups excluding carboxylic acids is 1. The minimum absolute atomic E-state index is 0.0104. The van der Waals surface area contributed by atoms with Crippen molar-refractivity contribution >= 4 is 21.6 Å². The van der Waals surface area contributed by atoms with Gasteiger partial charge in [-0.3, -0.25) is 4.79 Å². The summed E-state index contributed by atoms with van der Waals surface area (Å²) in [5.74, 6) is 0.308. The molecule has 27 heavy (non-hydrogen) atoms. The van der Waals surface area contributed by atoms with Gasteiger partial charge in [-0.25, -0.2) is 13.1 Å². The van der Waals surface area contributed by atoms with E-state index in [0.717, 1.165) is 25.7 Å². The molecule has 1 saturated carbocycles. The molecular weight excluding hydrogens is 364 g/mol. The number of nitrogens with one attached hydrogen (secondary N) is 2. The predicted molar refractivity (Wildman–Crippen MR) is 105 cm³/mol. The molecule has 0 spiro atoms. The van der Waals surface area contributed by atoms with Crippen LogP contribution in [0.15, 0.2) is 53.4 Å². The number of hydrogen-bond acceptors (Lipinski definition) is 4. The van der Waals surface area contributed by atoms with E-state index < -0.39 is 10.0 Å². The smallest absolute Gasteiger partial charge is 0.255 e. The molecule has 0 bridgehead atoms. The van der Waals surface area contributed by atoms with Gasteiger partial charge in [0.15, 0.2) is 0 Å². The van der Waals surface area contributed by atoms with Crippen molar-refractivity contribution in [2.24, 2.45) is 0 Å². The molecule has 0 heterocycles. The first-order valence-corrected chi connectivity index (χ1v) is 10.5. The number of ether oxygens (including phenoxy) is 1. The van der Waals surface area contributed by atoms with E-state index in [1.165, 1.54) is 25.7 Å². The Kier molecular flexibility index (Phi) is 6.13. The van der Waals surface area contributed by atoms with Crippen LogP contribution >= 0.6 is 0 Å². The largest absolute Gasteiger partial charge is 0.497 e. The lowest BCUT2D eigenvalue weighted by atomic mass is 9.96. The number of methoxy groups -OCH3 is 1. The Bertz CT molecular complexity index is 888. The molecule has 3 rings (SSSR count). The van der Waals surface area contributed by atoms with Gasteiger partial charge in [-0.05, 0) is 55.3 Å². The fraction of sp³-hybridized carbons (Fsp3) is 0.350. The monoisotopic (exact) mass is 388 g/mol. The maximum absolute atomic E-state index is 12.5. The maximum Gasteiger partial charge on any atom is 0.255 e. The van der Waals surface area contributed by atoms with E-state index in [1.54, 1.807) is 36.4 Å². The number of amides is 1. The van der Waals surface area contributed by atoms with Crippen LogP contribution in [-0.2, 0) is 10.0 Å². The molecule has 0 radical (unpaired) electrons. The predicted octanol–water partition coefficient (Wildman–Crippen LogP) is 3.56. The Labute approximate surface area is 160 Å². The van der Waals surface area contributed by atoms with Gasteiger partial charge in [0, 0.05) is 17.3 Å². The highest BCUT2D eigenvalue weighted by atomic mass is 32.2. The zero-order valence-corrected chi connectivity index (χ0v) is 16.1. The highest BCUT2D eigenvalue weighted by Gasteiger charge is 2.21. The average molecular weight is 388 g/mol. The Hall–Kier alpha value is -2.38. The van der Waals surface area contributed by atoms with Gasteiger partial charge in [0.05, 0.1) is 12.0 Å². The molecule has 1 fully saturated rings. The Morgan fingerprint density at radius 3 is 2.41 bits per heavy atom. The van der Waals surface area contributed by atoms with Gasteiger partial charge in [-0.1, -0.05) is 25.3 Å². The number of benzene rings is 2. The average Bonchev–Trinajstić information content (AvgIpc) is 2.69. The standard InChI is InChI=1S/C20H24N2O4S/c1-26-18-9-5-6-15(14-18)20(23)21-16-10-12-19(13-11-16)27(24,25)22-17-7-3-2-4-8-17/h5-6,9-14,17,22H,2-4,7-8H2,1H3,(H,21,23). The van der Waals surface area contributed by atoms with Gasteiger partial charge in [0.25, 0.3) is 5.91 Å². The van der Waals surface area contributed by atoms with E-state index in [1.807, 2.05) is 0 Å². The first-order valence-electron chi connectivity index (χ1n) is 9.06. The topological polar surface area (TPSA) is 84.5 Å². The lowest BCUT2D eigenvalue weighted by Crippen LogP contribution is -2.36. The van der Waals surface area contributed by atoms with Crippen LogP contribution in [0.25, 0.3) is 0 Å². The van der Waals surface area contributed by atoms with Crippen molar-refractivity contribution in [1.29, 1.82) is 0 Å². The molecule has 0 atom stereocenters. The molecule has 0 aromatic heterocycles. The molecule has 2 N–H and O–H groups in total. The van der Waals surface area contributed by atoms with Crippen molar-refractivity contribution in [3.05, 3.63) is 54.1 Å². The maximum atomic E-state index is 12.5. The lowest BCUT2D eigenvalue weighted by molar-refractivity contribution is 0.102. The molecule has 7 heteroatoms. The first-order chi connectivity index (χ1) is 13.0. The van der Waals surface area contributed by atoms with Crippen LogP contribution in [0.1, 0.15) is 42.5 Å². The van der Waals surface area contributed by atoms with Gasteiger partial charge < -0.3 is 10.1 Å². The number of rotatable bonds is 6. The summed E-state index contributed by atoms with van der Waals surface area (Å²) in [6.45, 7) is 0. The summed E-state index contributed by atoms with van der Waals surface area (Å²) in [6, 6.07) is 13.0. The molecule has 0 unspecified atom stereocenters. The van der Waals surface area contributed by atoms with Crippen molar-refractivity contribution in [2.75, 3.05) is 12.4 Å². The van der Waals surface area contributed by atoms with Crippen LogP contribution in [0.2, 0.25) is 0 Å². The third-order valence-corrected chi connectivity index (χ3v) is 6.22. The summed E-state index contributed by atoms with van der Waals surface area (Å²) in [5, 5.41) is 2.76. The number of anilines is 1. The van der Waals surface area contributed by atoms with Gasteiger partial charge >= 0.3 is 0 Å². The zero-order valence-electron chi connectivity index (χ0n) is 15.3. The van der Waals surface area contributed by atoms with Crippen LogP contribution in [0.5, 0.6) is 5.75 Å². The van der Waals surface area contributed by atoms with Crippen LogP contribution in [-0.4, -0.2) is 27.5 Å². The Morgan fingerprint density at radius 1 is 1.04 bits per heavy atom. The molecule has 2 aromatic carbocycles. The van der Waals surface area contributed by atoms with E-state index >= 15 is 0 Å². The highest BCUT2D eigenvalue weighted by Crippen LogP contribution is 2.21. The quantitative estimate of drug-likeness (QED) is 0.792. The Balaban J connectivity index is 1.66. The fourth-order valence-corrected chi connectivity index (χ4v) is 4.50. The molecular formula is C20H24N2O4S. The van der Waals surface area contributed by atoms with Crippen molar-refractivity contribution < 1.29 is 17.9 Å². The molecule has 1 aliphatic carbocycles. The van der Waals surface area contributed by atoms with Crippen molar-refractivity contribution in [1.82, 2.24) is 4.72 Å². The molecule has 144 valence electrons. The summed E-state index contributed by atoms with van der Waals surface area (Å²) in [7, 11) is -2.01. The molecule has 0 aliphatic heterocycles. The third-order valence-electron chi connectivity index (χ3n) is 4.68. The van der Waals surface area contributed by atoms with Crippen molar-refractivity contribution in [3.63, 3.8) is 0 Å². The molecule has 2 aromatic rings. The van der Waals surface area contributed by atoms with Gasteiger partial charge in [0.2, 0.25) is 10.0 Å². The Morgan fingerprint density at radius 2 is 1.74 bits per heavy atom. The highest BCUT2D eigenvalue weighted by molar-refractivity contribution is 7.89. The normalized spacial score (nSPS) is 15.3. The minimum Gasteiger partial charge on any atom is -0.497 e. The molecule has 1 aliphatic rings. The van der Waals surface area contributed by atoms with Gasteiger partial charge in [-0.2, -0.15) is 0 Å². The number of sulfonamides is 1. The van der Waals surface area contributed by atoms with Crippen LogP contribution in [0.3, 0.4) is 0 Å². The third kappa shape index (κ3) is 5.08. The van der Waals surface area contributed by atoms with E-state index in [-0.39, 0.29) is 16.8 Å². The van der Waals surface area contributed by atoms with Gasteiger partial charge in [0.1, 0.15) is 5.75 Å². The first kappa shape index (κ1) is 19.4. The molecule has 1 amide bonds. The van der Waals surface area contributed by atoms with E-state index in [2.05, 4.69) is 10.0 Å². The van der Waals surface area contributed by atoms with Crippen molar-refractivity contribution in [3.8, 4) is 5.75 Å². The number of carbonyl (C=O) groups is 1. The van der Waals surface area contributed by atoms with E-state index in [4.69, 9.17) is 4.74 Å². The second kappa shape index (κ2) is 8.54. The van der Waals surface area contributed by atoms with Crippen LogP contribution in [0.4, 0.5) is 5.69 Å². The minimum atomic E-state index is -3.55. The SMILES string of the molecule is COc1cccc(C(=O)Nc2ccc(S(=O)(=O)NC3CCCCC3)cc2)c1. The molecule has 0 saturated heterocycles. The van der Waals surface area contributed by atoms with Crippen LogP contribution in [0, 0.1) is 0 Å². The fourth-order valence-electron chi connectivity index (χ4n) is 3.19. The summed E-state index contributed by atoms with van der Waals surface area (Å²) in [6.07, 6.45) is 5.05. The van der Waals surface area contributed by atoms with Crippen molar-refractivity contribution in [2.45, 2.75) is 43.0 Å². The van der Waals surface area contributed by atoms with E-state index in [0.29, 0.717) is 17.0 Å².